The quantitative estimate of drug-likeness (QED) is 0.628. The van der Waals surface area contributed by atoms with E-state index in [1.807, 2.05) is 18.2 Å². The molecule has 0 aliphatic carbocycles. The third-order valence-corrected chi connectivity index (χ3v) is 1.91. The van der Waals surface area contributed by atoms with E-state index in [9.17, 15) is 4.79 Å². The molecule has 1 aliphatic heterocycles. The Morgan fingerprint density at radius 1 is 1.23 bits per heavy atom. The summed E-state index contributed by atoms with van der Waals surface area (Å²) in [5, 5.41) is 9.82. The number of para-hydroxylation sites is 1. The van der Waals surface area contributed by atoms with E-state index in [1.54, 1.807) is 0 Å². The highest BCUT2D eigenvalue weighted by Gasteiger charge is 2.12. The van der Waals surface area contributed by atoms with Crippen LogP contribution in [0.2, 0.25) is 0 Å². The minimum atomic E-state index is 0.128. The number of hydrogen-bond acceptors (Lipinski definition) is 2. The Morgan fingerprint density at radius 2 is 1.92 bits per heavy atom. The maximum Gasteiger partial charge on any atom is 0.224 e. The first-order valence-corrected chi connectivity index (χ1v) is 4.19. The van der Waals surface area contributed by atoms with Gasteiger partial charge in [-0.05, 0) is 18.1 Å². The molecule has 0 unspecified atom stereocenters. The molecule has 1 amide bonds. The number of benzene rings is 1. The van der Waals surface area contributed by atoms with Crippen LogP contribution in [0.4, 0.5) is 5.69 Å². The van der Waals surface area contributed by atoms with Crippen molar-refractivity contribution < 1.29 is 9.90 Å². The molecule has 2 N–H and O–H groups in total. The molecule has 1 heterocycles. The summed E-state index contributed by atoms with van der Waals surface area (Å²) in [4.78, 5) is 10.9. The predicted octanol–water partition coefficient (Wildman–Crippen LogP) is 1.18. The number of fused-ring (bicyclic) bond motifs is 1. The molecule has 0 bridgehead atoms. The van der Waals surface area contributed by atoms with Crippen LogP contribution >= 0.6 is 0 Å². The van der Waals surface area contributed by atoms with Crippen LogP contribution in [0.5, 0.6) is 0 Å². The lowest BCUT2D eigenvalue weighted by Crippen LogP contribution is -2.18. The zero-order chi connectivity index (χ0) is 9.68. The Labute approximate surface area is 77.4 Å². The SMILES string of the molecule is CO.O=C1CCc2ccccc2N1. The van der Waals surface area contributed by atoms with E-state index in [2.05, 4.69) is 11.4 Å². The zero-order valence-corrected chi connectivity index (χ0v) is 7.58. The Bertz CT molecular complexity index is 297. The third-order valence-electron chi connectivity index (χ3n) is 1.91. The van der Waals surface area contributed by atoms with Crippen LogP contribution in [-0.4, -0.2) is 18.1 Å². The van der Waals surface area contributed by atoms with E-state index >= 15 is 0 Å². The molecule has 2 rings (SSSR count). The Morgan fingerprint density at radius 3 is 2.69 bits per heavy atom. The molecular formula is C10H13NO2. The van der Waals surface area contributed by atoms with Gasteiger partial charge in [-0.3, -0.25) is 4.79 Å². The number of amides is 1. The topological polar surface area (TPSA) is 49.3 Å². The van der Waals surface area contributed by atoms with E-state index < -0.39 is 0 Å². The maximum absolute atomic E-state index is 10.9. The Kier molecular flexibility index (Phi) is 3.46. The van der Waals surface area contributed by atoms with E-state index in [4.69, 9.17) is 5.11 Å². The average molecular weight is 179 g/mol. The van der Waals surface area contributed by atoms with Gasteiger partial charge in [0.2, 0.25) is 5.91 Å². The number of carbonyl (C=O) groups excluding carboxylic acids is 1. The summed E-state index contributed by atoms with van der Waals surface area (Å²) >= 11 is 0. The second-order valence-corrected chi connectivity index (χ2v) is 2.71. The summed E-state index contributed by atoms with van der Waals surface area (Å²) < 4.78 is 0. The van der Waals surface area contributed by atoms with Crippen molar-refractivity contribution in [1.29, 1.82) is 0 Å². The number of rotatable bonds is 0. The second-order valence-electron chi connectivity index (χ2n) is 2.71. The number of anilines is 1. The number of carbonyl (C=O) groups is 1. The van der Waals surface area contributed by atoms with Crippen LogP contribution in [0.15, 0.2) is 24.3 Å². The molecule has 3 heteroatoms. The van der Waals surface area contributed by atoms with Gasteiger partial charge in [-0.2, -0.15) is 0 Å². The number of aryl methyl sites for hydroxylation is 1. The molecule has 0 fully saturated rings. The molecule has 0 radical (unpaired) electrons. The van der Waals surface area contributed by atoms with Crippen molar-refractivity contribution in [2.45, 2.75) is 12.8 Å². The van der Waals surface area contributed by atoms with Gasteiger partial charge in [0.25, 0.3) is 0 Å². The van der Waals surface area contributed by atoms with Crippen LogP contribution in [-0.2, 0) is 11.2 Å². The lowest BCUT2D eigenvalue weighted by Gasteiger charge is -2.15. The van der Waals surface area contributed by atoms with Crippen molar-refractivity contribution >= 4 is 11.6 Å². The highest BCUT2D eigenvalue weighted by atomic mass is 16.2. The molecule has 0 atom stereocenters. The Hall–Kier alpha value is -1.35. The standard InChI is InChI=1S/C9H9NO.CH4O/c11-9-6-5-7-3-1-2-4-8(7)10-9;1-2/h1-4H,5-6H2,(H,10,11);2H,1H3. The van der Waals surface area contributed by atoms with Gasteiger partial charge < -0.3 is 10.4 Å². The first-order chi connectivity index (χ1) is 6.36. The smallest absolute Gasteiger partial charge is 0.224 e. The molecule has 3 nitrogen and oxygen atoms in total. The minimum absolute atomic E-state index is 0.128. The maximum atomic E-state index is 10.9. The summed E-state index contributed by atoms with van der Waals surface area (Å²) in [6.07, 6.45) is 1.50. The first kappa shape index (κ1) is 9.74. The number of hydrogen-bond donors (Lipinski definition) is 2. The highest BCUT2D eigenvalue weighted by molar-refractivity contribution is 5.93. The fourth-order valence-corrected chi connectivity index (χ4v) is 1.32. The molecule has 70 valence electrons. The van der Waals surface area contributed by atoms with Gasteiger partial charge in [-0.15, -0.1) is 0 Å². The molecule has 0 saturated heterocycles. The largest absolute Gasteiger partial charge is 0.400 e. The van der Waals surface area contributed by atoms with Crippen LogP contribution < -0.4 is 5.32 Å². The molecule has 1 aromatic carbocycles. The van der Waals surface area contributed by atoms with Crippen molar-refractivity contribution in [2.24, 2.45) is 0 Å². The highest BCUT2D eigenvalue weighted by Crippen LogP contribution is 2.20. The number of aliphatic hydroxyl groups is 1. The van der Waals surface area contributed by atoms with Gasteiger partial charge >= 0.3 is 0 Å². The van der Waals surface area contributed by atoms with Gasteiger partial charge in [-0.25, -0.2) is 0 Å². The fourth-order valence-electron chi connectivity index (χ4n) is 1.32. The second kappa shape index (κ2) is 4.62. The first-order valence-electron chi connectivity index (χ1n) is 4.19. The molecule has 1 aromatic rings. The molecular weight excluding hydrogens is 166 g/mol. The van der Waals surface area contributed by atoms with Crippen LogP contribution in [0, 0.1) is 0 Å². The van der Waals surface area contributed by atoms with Gasteiger partial charge in [0.1, 0.15) is 0 Å². The van der Waals surface area contributed by atoms with Crippen molar-refractivity contribution in [3.63, 3.8) is 0 Å². The summed E-state index contributed by atoms with van der Waals surface area (Å²) in [5.74, 6) is 0.128. The normalized spacial score (nSPS) is 13.5. The van der Waals surface area contributed by atoms with E-state index in [0.717, 1.165) is 19.2 Å². The third kappa shape index (κ3) is 2.29. The Balaban J connectivity index is 0.000000396. The molecule has 13 heavy (non-hydrogen) atoms. The van der Waals surface area contributed by atoms with E-state index in [1.165, 1.54) is 5.56 Å². The van der Waals surface area contributed by atoms with Gasteiger partial charge in [0.15, 0.2) is 0 Å². The predicted molar refractivity (Wildman–Crippen MR) is 51.5 cm³/mol. The molecule has 1 aliphatic rings. The van der Waals surface area contributed by atoms with Crippen LogP contribution in [0.25, 0.3) is 0 Å². The van der Waals surface area contributed by atoms with Crippen molar-refractivity contribution in [3.8, 4) is 0 Å². The number of aliphatic hydroxyl groups excluding tert-OH is 1. The zero-order valence-electron chi connectivity index (χ0n) is 7.58. The number of nitrogens with one attached hydrogen (secondary N) is 1. The fraction of sp³-hybridized carbons (Fsp3) is 0.300. The van der Waals surface area contributed by atoms with Gasteiger partial charge in [0, 0.05) is 19.2 Å². The van der Waals surface area contributed by atoms with E-state index in [0.29, 0.717) is 6.42 Å². The minimum Gasteiger partial charge on any atom is -0.400 e. The summed E-state index contributed by atoms with van der Waals surface area (Å²) in [5.41, 5.74) is 2.22. The lowest BCUT2D eigenvalue weighted by molar-refractivity contribution is -0.116. The van der Waals surface area contributed by atoms with E-state index in [-0.39, 0.29) is 5.91 Å². The molecule has 0 spiro atoms. The average Bonchev–Trinajstić information content (AvgIpc) is 2.21. The lowest BCUT2D eigenvalue weighted by atomic mass is 10.0. The van der Waals surface area contributed by atoms with Crippen LogP contribution in [0.3, 0.4) is 0 Å². The summed E-state index contributed by atoms with van der Waals surface area (Å²) in [6.45, 7) is 0. The monoisotopic (exact) mass is 179 g/mol. The molecule has 0 saturated carbocycles. The van der Waals surface area contributed by atoms with Crippen molar-refractivity contribution in [1.82, 2.24) is 0 Å². The van der Waals surface area contributed by atoms with Gasteiger partial charge in [0.05, 0.1) is 0 Å². The summed E-state index contributed by atoms with van der Waals surface area (Å²) in [7, 11) is 1.00. The molecule has 0 aromatic heterocycles. The van der Waals surface area contributed by atoms with Crippen molar-refractivity contribution in [3.05, 3.63) is 29.8 Å². The van der Waals surface area contributed by atoms with Crippen LogP contribution in [0.1, 0.15) is 12.0 Å². The van der Waals surface area contributed by atoms with Crippen molar-refractivity contribution in [2.75, 3.05) is 12.4 Å². The summed E-state index contributed by atoms with van der Waals surface area (Å²) in [6, 6.07) is 7.92. The van der Waals surface area contributed by atoms with Gasteiger partial charge in [-0.1, -0.05) is 18.2 Å².